The molecule has 0 radical (unpaired) electrons. The van der Waals surface area contributed by atoms with Crippen molar-refractivity contribution in [1.29, 1.82) is 0 Å². The number of carbonyl (C=O) groups is 1. The van der Waals surface area contributed by atoms with Gasteiger partial charge < -0.3 is 10.6 Å². The normalized spacial score (nSPS) is 9.94. The van der Waals surface area contributed by atoms with Crippen molar-refractivity contribution in [2.45, 2.75) is 0 Å². The van der Waals surface area contributed by atoms with Crippen LogP contribution >= 0.6 is 12.4 Å². The second-order valence-electron chi connectivity index (χ2n) is 3.48. The SMILES string of the molecule is CNCCNC(=O)c1n[nH]c2ccccc12.Cl. The number of aromatic amines is 1. The average molecular weight is 255 g/mol. The second-order valence-corrected chi connectivity index (χ2v) is 3.48. The summed E-state index contributed by atoms with van der Waals surface area (Å²) in [6.07, 6.45) is 0. The lowest BCUT2D eigenvalue weighted by atomic mass is 10.2. The van der Waals surface area contributed by atoms with Gasteiger partial charge in [-0.3, -0.25) is 9.89 Å². The quantitative estimate of drug-likeness (QED) is 0.711. The summed E-state index contributed by atoms with van der Waals surface area (Å²) in [4.78, 5) is 11.8. The first-order valence-electron chi connectivity index (χ1n) is 5.19. The summed E-state index contributed by atoms with van der Waals surface area (Å²) in [5.74, 6) is -0.146. The number of amides is 1. The minimum atomic E-state index is -0.146. The molecule has 2 rings (SSSR count). The average Bonchev–Trinajstić information content (AvgIpc) is 2.73. The van der Waals surface area contributed by atoms with Gasteiger partial charge in [-0.15, -0.1) is 12.4 Å². The van der Waals surface area contributed by atoms with Gasteiger partial charge in [0, 0.05) is 18.5 Å². The minimum Gasteiger partial charge on any atom is -0.349 e. The summed E-state index contributed by atoms with van der Waals surface area (Å²) in [5.41, 5.74) is 1.33. The number of aromatic nitrogens is 2. The van der Waals surface area contributed by atoms with Crippen molar-refractivity contribution < 1.29 is 4.79 Å². The summed E-state index contributed by atoms with van der Waals surface area (Å²) < 4.78 is 0. The maximum Gasteiger partial charge on any atom is 0.272 e. The Labute approximate surface area is 105 Å². The molecule has 3 N–H and O–H groups in total. The lowest BCUT2D eigenvalue weighted by molar-refractivity contribution is 0.0951. The van der Waals surface area contributed by atoms with Crippen LogP contribution in [0, 0.1) is 0 Å². The van der Waals surface area contributed by atoms with Crippen LogP contribution in [0.1, 0.15) is 10.5 Å². The molecule has 2 aromatic rings. The predicted octanol–water partition coefficient (Wildman–Crippen LogP) is 0.934. The van der Waals surface area contributed by atoms with E-state index in [0.717, 1.165) is 17.4 Å². The standard InChI is InChI=1S/C11H14N4O.ClH/c1-12-6-7-13-11(16)10-8-4-2-3-5-9(8)14-15-10;/h2-5,12H,6-7H2,1H3,(H,13,16)(H,14,15);1H. The molecule has 0 aliphatic carbocycles. The summed E-state index contributed by atoms with van der Waals surface area (Å²) >= 11 is 0. The van der Waals surface area contributed by atoms with Crippen LogP contribution < -0.4 is 10.6 Å². The molecule has 5 nitrogen and oxygen atoms in total. The molecule has 6 heteroatoms. The van der Waals surface area contributed by atoms with E-state index in [-0.39, 0.29) is 18.3 Å². The van der Waals surface area contributed by atoms with Gasteiger partial charge in [0.25, 0.3) is 5.91 Å². The fourth-order valence-electron chi connectivity index (χ4n) is 1.52. The monoisotopic (exact) mass is 254 g/mol. The molecule has 0 aliphatic rings. The number of halogens is 1. The molecule has 92 valence electrons. The fourth-order valence-corrected chi connectivity index (χ4v) is 1.52. The van der Waals surface area contributed by atoms with E-state index in [0.29, 0.717) is 12.2 Å². The van der Waals surface area contributed by atoms with Crippen molar-refractivity contribution in [3.05, 3.63) is 30.0 Å². The predicted molar refractivity (Wildman–Crippen MR) is 69.6 cm³/mol. The van der Waals surface area contributed by atoms with E-state index in [2.05, 4.69) is 20.8 Å². The molecule has 1 aromatic carbocycles. The Hall–Kier alpha value is -1.59. The Morgan fingerprint density at radius 3 is 2.88 bits per heavy atom. The van der Waals surface area contributed by atoms with Crippen LogP contribution in [0.2, 0.25) is 0 Å². The van der Waals surface area contributed by atoms with E-state index in [1.807, 2.05) is 31.3 Å². The lowest BCUT2D eigenvalue weighted by Crippen LogP contribution is -2.30. The third-order valence-electron chi connectivity index (χ3n) is 2.35. The van der Waals surface area contributed by atoms with Crippen molar-refractivity contribution in [3.63, 3.8) is 0 Å². The van der Waals surface area contributed by atoms with Crippen molar-refractivity contribution in [2.75, 3.05) is 20.1 Å². The van der Waals surface area contributed by atoms with Gasteiger partial charge in [0.05, 0.1) is 5.52 Å². The van der Waals surface area contributed by atoms with E-state index < -0.39 is 0 Å². The first kappa shape index (κ1) is 13.5. The van der Waals surface area contributed by atoms with E-state index in [1.54, 1.807) is 0 Å². The number of carbonyl (C=O) groups excluding carboxylic acids is 1. The smallest absolute Gasteiger partial charge is 0.272 e. The number of nitrogens with zero attached hydrogens (tertiary/aromatic N) is 1. The molecule has 1 amide bonds. The first-order valence-corrected chi connectivity index (χ1v) is 5.19. The number of para-hydroxylation sites is 1. The van der Waals surface area contributed by atoms with Crippen molar-refractivity contribution in [3.8, 4) is 0 Å². The molecule has 0 bridgehead atoms. The molecule has 17 heavy (non-hydrogen) atoms. The van der Waals surface area contributed by atoms with Crippen LogP contribution in [0.15, 0.2) is 24.3 Å². The van der Waals surface area contributed by atoms with Gasteiger partial charge in [-0.1, -0.05) is 18.2 Å². The van der Waals surface area contributed by atoms with Gasteiger partial charge in [-0.25, -0.2) is 0 Å². The largest absolute Gasteiger partial charge is 0.349 e. The molecule has 1 heterocycles. The highest BCUT2D eigenvalue weighted by atomic mass is 35.5. The Balaban J connectivity index is 0.00000144. The molecule has 0 fully saturated rings. The Morgan fingerprint density at radius 1 is 1.35 bits per heavy atom. The molecule has 0 saturated heterocycles. The number of fused-ring (bicyclic) bond motifs is 1. The summed E-state index contributed by atoms with van der Waals surface area (Å²) in [6, 6.07) is 7.57. The zero-order valence-electron chi connectivity index (χ0n) is 9.49. The molecule has 0 unspecified atom stereocenters. The Kier molecular flexibility index (Phi) is 4.93. The Morgan fingerprint density at radius 2 is 2.12 bits per heavy atom. The van der Waals surface area contributed by atoms with Gasteiger partial charge in [0.1, 0.15) is 0 Å². The highest BCUT2D eigenvalue weighted by Crippen LogP contribution is 2.14. The molecular weight excluding hydrogens is 240 g/mol. The van der Waals surface area contributed by atoms with Crippen LogP contribution in [0.25, 0.3) is 10.9 Å². The highest BCUT2D eigenvalue weighted by molar-refractivity contribution is 6.04. The number of benzene rings is 1. The van der Waals surface area contributed by atoms with Crippen LogP contribution in [0.5, 0.6) is 0 Å². The van der Waals surface area contributed by atoms with E-state index in [4.69, 9.17) is 0 Å². The number of rotatable bonds is 4. The number of hydrogen-bond acceptors (Lipinski definition) is 3. The lowest BCUT2D eigenvalue weighted by Gasteiger charge is -2.01. The fraction of sp³-hybridized carbons (Fsp3) is 0.273. The van der Waals surface area contributed by atoms with Crippen molar-refractivity contribution in [1.82, 2.24) is 20.8 Å². The van der Waals surface area contributed by atoms with Crippen molar-refractivity contribution >= 4 is 29.2 Å². The summed E-state index contributed by atoms with van der Waals surface area (Å²) in [6.45, 7) is 1.34. The van der Waals surface area contributed by atoms with Crippen LogP contribution in [-0.2, 0) is 0 Å². The molecule has 0 saturated carbocycles. The number of nitrogens with one attached hydrogen (secondary N) is 3. The first-order chi connectivity index (χ1) is 7.83. The molecule has 1 aromatic heterocycles. The van der Waals surface area contributed by atoms with Gasteiger partial charge in [0.2, 0.25) is 0 Å². The van der Waals surface area contributed by atoms with Gasteiger partial charge >= 0.3 is 0 Å². The molecule has 0 atom stereocenters. The molecular formula is C11H15ClN4O. The number of hydrogen-bond donors (Lipinski definition) is 3. The maximum absolute atomic E-state index is 11.8. The second kappa shape index (κ2) is 6.22. The third kappa shape index (κ3) is 2.95. The van der Waals surface area contributed by atoms with Gasteiger partial charge in [-0.05, 0) is 13.1 Å². The van der Waals surface area contributed by atoms with Crippen molar-refractivity contribution in [2.24, 2.45) is 0 Å². The minimum absolute atomic E-state index is 0. The highest BCUT2D eigenvalue weighted by Gasteiger charge is 2.12. The number of likely N-dealkylation sites (N-methyl/N-ethyl adjacent to an activating group) is 1. The number of H-pyrrole nitrogens is 1. The Bertz CT molecular complexity index is 497. The van der Waals surface area contributed by atoms with Crippen LogP contribution in [0.3, 0.4) is 0 Å². The van der Waals surface area contributed by atoms with E-state index in [1.165, 1.54) is 0 Å². The van der Waals surface area contributed by atoms with E-state index >= 15 is 0 Å². The van der Waals surface area contributed by atoms with E-state index in [9.17, 15) is 4.79 Å². The zero-order valence-corrected chi connectivity index (χ0v) is 10.3. The van der Waals surface area contributed by atoms with Gasteiger partial charge in [0.15, 0.2) is 5.69 Å². The topological polar surface area (TPSA) is 69.8 Å². The maximum atomic E-state index is 11.8. The molecule has 0 spiro atoms. The summed E-state index contributed by atoms with van der Waals surface area (Å²) in [7, 11) is 1.84. The van der Waals surface area contributed by atoms with Gasteiger partial charge in [-0.2, -0.15) is 5.10 Å². The molecule has 0 aliphatic heterocycles. The third-order valence-corrected chi connectivity index (χ3v) is 2.35. The van der Waals surface area contributed by atoms with Crippen LogP contribution in [0.4, 0.5) is 0 Å². The van der Waals surface area contributed by atoms with Crippen LogP contribution in [-0.4, -0.2) is 36.2 Å². The zero-order chi connectivity index (χ0) is 11.4. The summed E-state index contributed by atoms with van der Waals surface area (Å²) in [5, 5.41) is 13.5.